The molecule has 0 unspecified atom stereocenters. The third-order valence-electron chi connectivity index (χ3n) is 7.62. The summed E-state index contributed by atoms with van der Waals surface area (Å²) in [4.78, 5) is 2.40. The average Bonchev–Trinajstić information content (AvgIpc) is 3.57. The zero-order valence-electron chi connectivity index (χ0n) is 21.5. The molecule has 6 aromatic carbocycles. The lowest BCUT2D eigenvalue weighted by Crippen LogP contribution is -2.11. The van der Waals surface area contributed by atoms with E-state index in [0.717, 1.165) is 27.2 Å². The van der Waals surface area contributed by atoms with Crippen molar-refractivity contribution in [1.29, 1.82) is 0 Å². The van der Waals surface area contributed by atoms with Crippen LogP contribution >= 0.6 is 27.3 Å². The van der Waals surface area contributed by atoms with Gasteiger partial charge in [0.05, 0.1) is 25.9 Å². The van der Waals surface area contributed by atoms with Crippen molar-refractivity contribution < 1.29 is 0 Å². The van der Waals surface area contributed by atoms with Crippen LogP contribution in [0.15, 0.2) is 144 Å². The van der Waals surface area contributed by atoms with E-state index in [9.17, 15) is 0 Å². The van der Waals surface area contributed by atoms with E-state index >= 15 is 0 Å². The van der Waals surface area contributed by atoms with Gasteiger partial charge in [0.15, 0.2) is 0 Å². The molecule has 0 N–H and O–H groups in total. The van der Waals surface area contributed by atoms with Crippen molar-refractivity contribution in [3.63, 3.8) is 0 Å². The lowest BCUT2D eigenvalue weighted by molar-refractivity contribution is 1.19. The summed E-state index contributed by atoms with van der Waals surface area (Å²) in [5, 5.41) is 4.98. The summed E-state index contributed by atoms with van der Waals surface area (Å²) in [5.74, 6) is 0. The SMILES string of the molecule is Brc1c(N(c2ccccc2)c2ccccc2)c2c3ccccc3n(-c3ccccc3)c2c2sc3ccccc3c12. The summed E-state index contributed by atoms with van der Waals surface area (Å²) in [5.41, 5.74) is 6.97. The molecular weight excluding hydrogens is 572 g/mol. The van der Waals surface area contributed by atoms with Gasteiger partial charge < -0.3 is 9.47 Å². The van der Waals surface area contributed by atoms with E-state index in [0.29, 0.717) is 0 Å². The van der Waals surface area contributed by atoms with Gasteiger partial charge in [0, 0.05) is 43.3 Å². The molecule has 0 saturated heterocycles. The van der Waals surface area contributed by atoms with Crippen LogP contribution < -0.4 is 4.90 Å². The second-order valence-corrected chi connectivity index (χ2v) is 11.7. The molecule has 2 nitrogen and oxygen atoms in total. The molecule has 0 radical (unpaired) electrons. The van der Waals surface area contributed by atoms with Gasteiger partial charge in [-0.05, 0) is 64.5 Å². The Hall–Kier alpha value is -4.38. The second-order valence-electron chi connectivity index (χ2n) is 9.88. The molecule has 4 heteroatoms. The first-order valence-electron chi connectivity index (χ1n) is 13.3. The van der Waals surface area contributed by atoms with Crippen molar-refractivity contribution in [2.45, 2.75) is 0 Å². The molecule has 0 aliphatic heterocycles. The molecule has 2 aromatic heterocycles. The number of thiophene rings is 1. The van der Waals surface area contributed by atoms with Crippen molar-refractivity contribution in [2.75, 3.05) is 4.90 Å². The minimum atomic E-state index is 1.11. The smallest absolute Gasteiger partial charge is 0.0741 e. The number of aromatic nitrogens is 1. The zero-order valence-corrected chi connectivity index (χ0v) is 23.9. The van der Waals surface area contributed by atoms with Crippen LogP contribution in [0.1, 0.15) is 0 Å². The Bertz CT molecular complexity index is 2120. The number of nitrogens with zero attached hydrogens (tertiary/aromatic N) is 2. The third-order valence-corrected chi connectivity index (χ3v) is 9.57. The minimum absolute atomic E-state index is 1.11. The molecule has 0 saturated carbocycles. The largest absolute Gasteiger partial charge is 0.309 e. The maximum atomic E-state index is 4.21. The molecule has 2 heterocycles. The Morgan fingerprint density at radius 1 is 0.550 bits per heavy atom. The molecule has 190 valence electrons. The van der Waals surface area contributed by atoms with E-state index in [1.54, 1.807) is 0 Å². The van der Waals surface area contributed by atoms with Gasteiger partial charge in [-0.3, -0.25) is 0 Å². The number of fused-ring (bicyclic) bond motifs is 7. The highest BCUT2D eigenvalue weighted by atomic mass is 79.9. The number of anilines is 3. The van der Waals surface area contributed by atoms with Crippen LogP contribution in [0.5, 0.6) is 0 Å². The molecule has 0 aliphatic carbocycles. The first kappa shape index (κ1) is 23.5. The Morgan fingerprint density at radius 2 is 1.10 bits per heavy atom. The monoisotopic (exact) mass is 594 g/mol. The second kappa shape index (κ2) is 9.37. The van der Waals surface area contributed by atoms with E-state index in [4.69, 9.17) is 0 Å². The summed E-state index contributed by atoms with van der Waals surface area (Å²) >= 11 is 6.08. The number of hydrogen-bond donors (Lipinski definition) is 0. The van der Waals surface area contributed by atoms with Gasteiger partial charge in [-0.1, -0.05) is 91.0 Å². The van der Waals surface area contributed by atoms with Crippen molar-refractivity contribution in [3.8, 4) is 5.69 Å². The van der Waals surface area contributed by atoms with Gasteiger partial charge in [-0.15, -0.1) is 11.3 Å². The highest BCUT2D eigenvalue weighted by molar-refractivity contribution is 9.10. The van der Waals surface area contributed by atoms with E-state index in [1.165, 1.54) is 42.0 Å². The Kier molecular flexibility index (Phi) is 5.51. The van der Waals surface area contributed by atoms with E-state index in [2.05, 4.69) is 165 Å². The summed E-state index contributed by atoms with van der Waals surface area (Å²) in [6, 6.07) is 49.7. The van der Waals surface area contributed by atoms with Crippen LogP contribution in [0.2, 0.25) is 0 Å². The van der Waals surface area contributed by atoms with Gasteiger partial charge in [0.2, 0.25) is 0 Å². The maximum Gasteiger partial charge on any atom is 0.0741 e. The van der Waals surface area contributed by atoms with Gasteiger partial charge in [0.25, 0.3) is 0 Å². The van der Waals surface area contributed by atoms with Crippen molar-refractivity contribution >= 4 is 86.3 Å². The molecule has 0 atom stereocenters. The first-order valence-corrected chi connectivity index (χ1v) is 14.9. The fourth-order valence-corrected chi connectivity index (χ4v) is 8.14. The molecule has 0 fully saturated rings. The van der Waals surface area contributed by atoms with Crippen LogP contribution in [0.25, 0.3) is 47.7 Å². The molecule has 8 aromatic rings. The molecule has 0 aliphatic rings. The van der Waals surface area contributed by atoms with Gasteiger partial charge in [0.1, 0.15) is 0 Å². The highest BCUT2D eigenvalue weighted by Crippen LogP contribution is 2.54. The normalized spacial score (nSPS) is 11.6. The van der Waals surface area contributed by atoms with Crippen LogP contribution in [-0.2, 0) is 0 Å². The number of hydrogen-bond acceptors (Lipinski definition) is 2. The summed E-state index contributed by atoms with van der Waals surface area (Å²) in [6.45, 7) is 0. The van der Waals surface area contributed by atoms with Crippen LogP contribution in [0, 0.1) is 0 Å². The molecular formula is C36H23BrN2S. The maximum absolute atomic E-state index is 4.21. The van der Waals surface area contributed by atoms with E-state index < -0.39 is 0 Å². The van der Waals surface area contributed by atoms with Crippen molar-refractivity contribution in [1.82, 2.24) is 4.57 Å². The Balaban J connectivity index is 1.66. The zero-order chi connectivity index (χ0) is 26.6. The number of rotatable bonds is 4. The fraction of sp³-hybridized carbons (Fsp3) is 0. The number of para-hydroxylation sites is 4. The molecule has 40 heavy (non-hydrogen) atoms. The first-order chi connectivity index (χ1) is 19.8. The van der Waals surface area contributed by atoms with Crippen LogP contribution in [-0.4, -0.2) is 4.57 Å². The highest BCUT2D eigenvalue weighted by Gasteiger charge is 2.28. The van der Waals surface area contributed by atoms with Gasteiger partial charge in [-0.2, -0.15) is 0 Å². The Morgan fingerprint density at radius 3 is 1.77 bits per heavy atom. The summed E-state index contributed by atoms with van der Waals surface area (Å²) in [7, 11) is 0. The molecule has 0 spiro atoms. The van der Waals surface area contributed by atoms with Gasteiger partial charge in [-0.25, -0.2) is 0 Å². The topological polar surface area (TPSA) is 8.17 Å². The molecule has 8 rings (SSSR count). The van der Waals surface area contributed by atoms with Crippen molar-refractivity contribution in [3.05, 3.63) is 144 Å². The standard InChI is InChI=1S/C36H23BrN2S/c37-33-31-28-21-11-13-23-30(28)40-36(31)35-32(27-20-10-12-22-29(27)39(35)26-18-8-3-9-19-26)34(33)38(24-14-4-1-5-15-24)25-16-6-2-7-17-25/h1-23H. The summed E-state index contributed by atoms with van der Waals surface area (Å²) in [6.07, 6.45) is 0. The van der Waals surface area contributed by atoms with Crippen LogP contribution in [0.4, 0.5) is 17.1 Å². The van der Waals surface area contributed by atoms with Gasteiger partial charge >= 0.3 is 0 Å². The summed E-state index contributed by atoms with van der Waals surface area (Å²) < 4.78 is 6.13. The van der Waals surface area contributed by atoms with Crippen LogP contribution in [0.3, 0.4) is 0 Å². The quantitative estimate of drug-likeness (QED) is 0.197. The van der Waals surface area contributed by atoms with E-state index in [1.807, 2.05) is 11.3 Å². The predicted molar refractivity (Wildman–Crippen MR) is 176 cm³/mol. The van der Waals surface area contributed by atoms with E-state index in [-0.39, 0.29) is 0 Å². The Labute approximate surface area is 244 Å². The average molecular weight is 596 g/mol. The van der Waals surface area contributed by atoms with Crippen molar-refractivity contribution in [2.24, 2.45) is 0 Å². The lowest BCUT2D eigenvalue weighted by atomic mass is 10.0. The number of benzene rings is 6. The third kappa shape index (κ3) is 3.46. The molecule has 0 amide bonds. The molecule has 0 bridgehead atoms. The lowest BCUT2D eigenvalue weighted by Gasteiger charge is -2.28. The minimum Gasteiger partial charge on any atom is -0.309 e. The number of halogens is 1. The fourth-order valence-electron chi connectivity index (χ4n) is 5.97. The predicted octanol–water partition coefficient (Wildman–Crippen LogP) is 11.4.